The van der Waals surface area contributed by atoms with Gasteiger partial charge in [-0.05, 0) is 32.4 Å². The number of aryl methyl sites for hydroxylation is 1. The van der Waals surface area contributed by atoms with E-state index >= 15 is 0 Å². The number of aromatic nitrogens is 3. The molecule has 0 N–H and O–H groups in total. The molecule has 0 radical (unpaired) electrons. The number of hydrogen-bond donors (Lipinski definition) is 0. The van der Waals surface area contributed by atoms with Gasteiger partial charge in [0.25, 0.3) is 14.2 Å². The van der Waals surface area contributed by atoms with Crippen LogP contribution in [0.1, 0.15) is 25.5 Å². The van der Waals surface area contributed by atoms with Crippen molar-refractivity contribution < 1.29 is 12.8 Å². The maximum Gasteiger partial charge on any atom is 0.296 e. The lowest BCUT2D eigenvalue weighted by Gasteiger charge is -2.12. The van der Waals surface area contributed by atoms with Crippen LogP contribution in [0.15, 0.2) is 23.4 Å². The van der Waals surface area contributed by atoms with E-state index in [1.54, 1.807) is 32.9 Å². The first kappa shape index (κ1) is 14.9. The minimum atomic E-state index is -4.02. The van der Waals surface area contributed by atoms with Crippen LogP contribution in [-0.2, 0) is 9.05 Å². The zero-order valence-corrected chi connectivity index (χ0v) is 12.7. The molecular formula is C12H13ClFN3O2S. The van der Waals surface area contributed by atoms with Crippen molar-refractivity contribution in [3.63, 3.8) is 0 Å². The Hall–Kier alpha value is -1.47. The maximum atomic E-state index is 13.6. The highest BCUT2D eigenvalue weighted by molar-refractivity contribution is 8.13. The van der Waals surface area contributed by atoms with Crippen molar-refractivity contribution in [1.29, 1.82) is 0 Å². The van der Waals surface area contributed by atoms with Crippen molar-refractivity contribution in [2.45, 2.75) is 32.0 Å². The van der Waals surface area contributed by atoms with Gasteiger partial charge in [-0.1, -0.05) is 12.1 Å². The van der Waals surface area contributed by atoms with Crippen molar-refractivity contribution in [1.82, 2.24) is 14.8 Å². The zero-order chi connectivity index (χ0) is 15.1. The van der Waals surface area contributed by atoms with Gasteiger partial charge in [0, 0.05) is 22.3 Å². The Bertz CT molecular complexity index is 756. The van der Waals surface area contributed by atoms with Gasteiger partial charge in [0.15, 0.2) is 5.82 Å². The molecule has 0 atom stereocenters. The summed E-state index contributed by atoms with van der Waals surface area (Å²) >= 11 is 0. The molecule has 0 spiro atoms. The zero-order valence-electron chi connectivity index (χ0n) is 11.1. The number of hydrogen-bond acceptors (Lipinski definition) is 4. The molecule has 5 nitrogen and oxygen atoms in total. The van der Waals surface area contributed by atoms with Gasteiger partial charge in [-0.3, -0.25) is 4.57 Å². The summed E-state index contributed by atoms with van der Waals surface area (Å²) in [5, 5.41) is 7.09. The number of nitrogens with zero attached hydrogens (tertiary/aromatic N) is 3. The maximum absolute atomic E-state index is 13.6. The largest absolute Gasteiger partial charge is 0.296 e. The average Bonchev–Trinajstić information content (AvgIpc) is 2.77. The van der Waals surface area contributed by atoms with Gasteiger partial charge in [-0.15, -0.1) is 10.2 Å². The van der Waals surface area contributed by atoms with Gasteiger partial charge < -0.3 is 0 Å². The third-order valence-electron chi connectivity index (χ3n) is 2.83. The molecule has 0 saturated heterocycles. The Balaban J connectivity index is 2.69. The van der Waals surface area contributed by atoms with E-state index < -0.39 is 14.9 Å². The first-order valence-corrected chi connectivity index (χ1v) is 8.19. The first-order chi connectivity index (χ1) is 9.21. The van der Waals surface area contributed by atoms with E-state index in [0.717, 1.165) is 0 Å². The number of halogens is 2. The highest BCUT2D eigenvalue weighted by Gasteiger charge is 2.25. The molecule has 8 heteroatoms. The molecule has 2 aromatic rings. The SMILES string of the molecule is Cc1ccc(-c2nnc(S(=O)(=O)Cl)n2C(C)C)cc1F. The molecule has 20 heavy (non-hydrogen) atoms. The normalized spacial score (nSPS) is 12.1. The van der Waals surface area contributed by atoms with E-state index in [9.17, 15) is 12.8 Å². The summed E-state index contributed by atoms with van der Waals surface area (Å²) in [5.41, 5.74) is 0.940. The van der Waals surface area contributed by atoms with Gasteiger partial charge in [0.05, 0.1) is 0 Å². The second kappa shape index (κ2) is 5.14. The Labute approximate surface area is 120 Å². The first-order valence-electron chi connectivity index (χ1n) is 5.88. The van der Waals surface area contributed by atoms with Crippen LogP contribution in [0.25, 0.3) is 11.4 Å². The van der Waals surface area contributed by atoms with Crippen LogP contribution in [0.2, 0.25) is 0 Å². The molecule has 0 aliphatic carbocycles. The molecule has 0 saturated carbocycles. The summed E-state index contributed by atoms with van der Waals surface area (Å²) in [6.07, 6.45) is 0. The van der Waals surface area contributed by atoms with Crippen molar-refractivity contribution in [2.75, 3.05) is 0 Å². The summed E-state index contributed by atoms with van der Waals surface area (Å²) in [4.78, 5) is 0. The fourth-order valence-corrected chi connectivity index (χ4v) is 2.82. The van der Waals surface area contributed by atoms with Gasteiger partial charge >= 0.3 is 0 Å². The van der Waals surface area contributed by atoms with Crippen LogP contribution in [0, 0.1) is 12.7 Å². The average molecular weight is 318 g/mol. The van der Waals surface area contributed by atoms with Crippen LogP contribution >= 0.6 is 10.7 Å². The second-order valence-electron chi connectivity index (χ2n) is 4.67. The molecule has 2 rings (SSSR count). The Kier molecular flexibility index (Phi) is 3.84. The van der Waals surface area contributed by atoms with E-state index in [4.69, 9.17) is 10.7 Å². The molecule has 1 heterocycles. The molecule has 0 bridgehead atoms. The van der Waals surface area contributed by atoms with Crippen LogP contribution in [0.4, 0.5) is 4.39 Å². The summed E-state index contributed by atoms with van der Waals surface area (Å²) < 4.78 is 38.0. The lowest BCUT2D eigenvalue weighted by atomic mass is 10.1. The van der Waals surface area contributed by atoms with Crippen molar-refractivity contribution in [3.05, 3.63) is 29.6 Å². The molecule has 0 unspecified atom stereocenters. The minimum absolute atomic E-state index is 0.243. The van der Waals surface area contributed by atoms with Crippen LogP contribution in [0.3, 0.4) is 0 Å². The molecule has 1 aromatic carbocycles. The topological polar surface area (TPSA) is 64.8 Å². The third kappa shape index (κ3) is 2.69. The Morgan fingerprint density at radius 3 is 2.45 bits per heavy atom. The molecule has 0 aliphatic rings. The highest BCUT2D eigenvalue weighted by atomic mass is 35.7. The van der Waals surface area contributed by atoms with Gasteiger partial charge in [-0.2, -0.15) is 0 Å². The molecule has 0 aliphatic heterocycles. The molecule has 0 amide bonds. The van der Waals surface area contributed by atoms with E-state index in [2.05, 4.69) is 10.2 Å². The lowest BCUT2D eigenvalue weighted by Crippen LogP contribution is -2.10. The van der Waals surface area contributed by atoms with E-state index in [0.29, 0.717) is 11.1 Å². The van der Waals surface area contributed by atoms with Gasteiger partial charge in [-0.25, -0.2) is 12.8 Å². The lowest BCUT2D eigenvalue weighted by molar-refractivity contribution is 0.530. The smallest absolute Gasteiger partial charge is 0.294 e. The summed E-state index contributed by atoms with van der Waals surface area (Å²) in [5.74, 6) is -0.130. The standard InChI is InChI=1S/C12H13ClFN3O2S/c1-7(2)17-11(15-16-12(17)20(13,18)19)9-5-4-8(3)10(14)6-9/h4-7H,1-3H3. The molecule has 0 fully saturated rings. The molecule has 108 valence electrons. The predicted molar refractivity (Wildman–Crippen MR) is 73.6 cm³/mol. The predicted octanol–water partition coefficient (Wildman–Crippen LogP) is 2.90. The Morgan fingerprint density at radius 1 is 1.30 bits per heavy atom. The summed E-state index contributed by atoms with van der Waals surface area (Å²) in [7, 11) is 1.32. The fraction of sp³-hybridized carbons (Fsp3) is 0.333. The van der Waals surface area contributed by atoms with Crippen molar-refractivity contribution in [3.8, 4) is 11.4 Å². The fourth-order valence-electron chi connectivity index (χ4n) is 1.84. The highest BCUT2D eigenvalue weighted by Crippen LogP contribution is 2.27. The van der Waals surface area contributed by atoms with Gasteiger partial charge in [0.2, 0.25) is 0 Å². The minimum Gasteiger partial charge on any atom is -0.294 e. The van der Waals surface area contributed by atoms with Crippen LogP contribution in [-0.4, -0.2) is 23.2 Å². The van der Waals surface area contributed by atoms with Crippen LogP contribution < -0.4 is 0 Å². The molecular weight excluding hydrogens is 305 g/mol. The van der Waals surface area contributed by atoms with Gasteiger partial charge in [0.1, 0.15) is 5.82 Å². The second-order valence-corrected chi connectivity index (χ2v) is 7.13. The third-order valence-corrected chi connectivity index (χ3v) is 3.96. The van der Waals surface area contributed by atoms with Crippen LogP contribution in [0.5, 0.6) is 0 Å². The van der Waals surface area contributed by atoms with E-state index in [1.807, 2.05) is 0 Å². The summed E-state index contributed by atoms with van der Waals surface area (Å²) in [6, 6.07) is 4.31. The van der Waals surface area contributed by atoms with Crippen molar-refractivity contribution >= 4 is 19.7 Å². The van der Waals surface area contributed by atoms with E-state index in [1.165, 1.54) is 10.6 Å². The number of rotatable bonds is 3. The summed E-state index contributed by atoms with van der Waals surface area (Å²) in [6.45, 7) is 5.17. The Morgan fingerprint density at radius 2 is 1.95 bits per heavy atom. The molecule has 1 aromatic heterocycles. The van der Waals surface area contributed by atoms with Crippen molar-refractivity contribution in [2.24, 2.45) is 0 Å². The monoisotopic (exact) mass is 317 g/mol. The van der Waals surface area contributed by atoms with E-state index in [-0.39, 0.29) is 17.0 Å². The number of benzene rings is 1. The quantitative estimate of drug-likeness (QED) is 0.816.